The minimum absolute atomic E-state index is 0.00237. The Morgan fingerprint density at radius 3 is 2.56 bits per heavy atom. The van der Waals surface area contributed by atoms with Gasteiger partial charge in [-0.1, -0.05) is 54.6 Å². The largest absolute Gasteiger partial charge is 0.491 e. The van der Waals surface area contributed by atoms with E-state index in [2.05, 4.69) is 0 Å². The summed E-state index contributed by atoms with van der Waals surface area (Å²) in [5.74, 6) is 1.65. The molecule has 0 bridgehead atoms. The third kappa shape index (κ3) is 3.95. The highest BCUT2D eigenvalue weighted by atomic mass is 16.5. The monoisotopic (exact) mass is 359 g/mol. The van der Waals surface area contributed by atoms with Crippen molar-refractivity contribution < 1.29 is 14.3 Å². The van der Waals surface area contributed by atoms with Crippen LogP contribution in [0.2, 0.25) is 0 Å². The molecule has 3 aromatic rings. The molecule has 1 aliphatic rings. The van der Waals surface area contributed by atoms with E-state index in [0.717, 1.165) is 22.6 Å². The number of ether oxygens (including phenoxy) is 2. The minimum Gasteiger partial charge on any atom is -0.491 e. The summed E-state index contributed by atoms with van der Waals surface area (Å²) in [6.45, 7) is 1.95. The van der Waals surface area contributed by atoms with Crippen molar-refractivity contribution >= 4 is 5.91 Å². The first-order chi connectivity index (χ1) is 13.3. The molecule has 3 aromatic carbocycles. The van der Waals surface area contributed by atoms with Crippen molar-refractivity contribution in [2.45, 2.75) is 13.2 Å². The van der Waals surface area contributed by atoms with Gasteiger partial charge in [0.25, 0.3) is 5.91 Å². The van der Waals surface area contributed by atoms with Gasteiger partial charge in [-0.05, 0) is 24.3 Å². The van der Waals surface area contributed by atoms with E-state index in [1.54, 1.807) is 0 Å². The quantitative estimate of drug-likeness (QED) is 0.697. The van der Waals surface area contributed by atoms with Crippen molar-refractivity contribution in [3.05, 3.63) is 95.6 Å². The normalized spacial score (nSPS) is 13.3. The molecule has 0 fully saturated rings. The van der Waals surface area contributed by atoms with Crippen molar-refractivity contribution in [3.8, 4) is 11.5 Å². The van der Waals surface area contributed by atoms with Crippen molar-refractivity contribution in [1.82, 2.24) is 4.90 Å². The number of nitrogens with zero attached hydrogens (tertiary/aromatic N) is 1. The lowest BCUT2D eigenvalue weighted by molar-refractivity contribution is 0.0730. The lowest BCUT2D eigenvalue weighted by atomic mass is 10.1. The van der Waals surface area contributed by atoms with Gasteiger partial charge in [-0.2, -0.15) is 0 Å². The number of amides is 1. The van der Waals surface area contributed by atoms with E-state index in [1.807, 2.05) is 83.8 Å². The van der Waals surface area contributed by atoms with Crippen LogP contribution in [0.3, 0.4) is 0 Å². The van der Waals surface area contributed by atoms with Gasteiger partial charge in [0.2, 0.25) is 0 Å². The Bertz CT molecular complexity index is 924. The molecular weight excluding hydrogens is 338 g/mol. The lowest BCUT2D eigenvalue weighted by Gasteiger charge is -2.21. The highest BCUT2D eigenvalue weighted by Gasteiger charge is 2.22. The zero-order chi connectivity index (χ0) is 18.5. The zero-order valence-corrected chi connectivity index (χ0v) is 15.0. The number of rotatable bonds is 4. The van der Waals surface area contributed by atoms with Crippen LogP contribution in [0.4, 0.5) is 0 Å². The highest BCUT2D eigenvalue weighted by molar-refractivity contribution is 5.95. The summed E-state index contributed by atoms with van der Waals surface area (Å²) in [5.41, 5.74) is 2.58. The molecule has 4 nitrogen and oxygen atoms in total. The molecule has 1 heterocycles. The van der Waals surface area contributed by atoms with E-state index in [0.29, 0.717) is 31.9 Å². The first-order valence-electron chi connectivity index (χ1n) is 9.07. The molecule has 0 radical (unpaired) electrons. The van der Waals surface area contributed by atoms with Gasteiger partial charge in [-0.3, -0.25) is 4.79 Å². The minimum atomic E-state index is 0.00237. The average molecular weight is 359 g/mol. The van der Waals surface area contributed by atoms with Gasteiger partial charge in [0.05, 0.1) is 6.54 Å². The van der Waals surface area contributed by atoms with Gasteiger partial charge in [-0.25, -0.2) is 0 Å². The first-order valence-corrected chi connectivity index (χ1v) is 9.07. The second kappa shape index (κ2) is 7.96. The number of hydrogen-bond acceptors (Lipinski definition) is 3. The lowest BCUT2D eigenvalue weighted by Crippen LogP contribution is -2.33. The molecule has 0 aliphatic carbocycles. The van der Waals surface area contributed by atoms with E-state index in [4.69, 9.17) is 9.47 Å². The molecule has 0 N–H and O–H groups in total. The number of benzene rings is 3. The summed E-state index contributed by atoms with van der Waals surface area (Å²) < 4.78 is 11.6. The summed E-state index contributed by atoms with van der Waals surface area (Å²) in [4.78, 5) is 15.0. The third-order valence-corrected chi connectivity index (χ3v) is 4.63. The number of carbonyl (C=O) groups excluding carboxylic acids is 1. The molecule has 0 saturated carbocycles. The fraction of sp³-hybridized carbons (Fsp3) is 0.174. The van der Waals surface area contributed by atoms with Crippen molar-refractivity contribution in [2.75, 3.05) is 13.2 Å². The fourth-order valence-corrected chi connectivity index (χ4v) is 3.20. The molecule has 0 aromatic heterocycles. The summed E-state index contributed by atoms with van der Waals surface area (Å²) in [5, 5.41) is 0. The molecule has 0 spiro atoms. The number of carbonyl (C=O) groups is 1. The van der Waals surface area contributed by atoms with Crippen LogP contribution in [0.1, 0.15) is 21.5 Å². The summed E-state index contributed by atoms with van der Waals surface area (Å²) >= 11 is 0. The van der Waals surface area contributed by atoms with Crippen molar-refractivity contribution in [3.63, 3.8) is 0 Å². The second-order valence-electron chi connectivity index (χ2n) is 6.44. The molecule has 1 amide bonds. The molecule has 27 heavy (non-hydrogen) atoms. The van der Waals surface area contributed by atoms with Gasteiger partial charge >= 0.3 is 0 Å². The first kappa shape index (κ1) is 17.2. The Kier molecular flexibility index (Phi) is 5.06. The van der Waals surface area contributed by atoms with E-state index in [-0.39, 0.29) is 5.91 Å². The highest BCUT2D eigenvalue weighted by Crippen LogP contribution is 2.24. The molecule has 4 heteroatoms. The third-order valence-electron chi connectivity index (χ3n) is 4.63. The summed E-state index contributed by atoms with van der Waals surface area (Å²) in [6.07, 6.45) is 0. The molecule has 1 aliphatic heterocycles. The van der Waals surface area contributed by atoms with Crippen LogP contribution in [-0.4, -0.2) is 24.0 Å². The molecular formula is C23H21NO3. The molecule has 4 rings (SSSR count). The predicted octanol–water partition coefficient (Wildman–Crippen LogP) is 4.30. The Morgan fingerprint density at radius 2 is 1.67 bits per heavy atom. The van der Waals surface area contributed by atoms with Crippen LogP contribution in [-0.2, 0) is 13.2 Å². The predicted molar refractivity (Wildman–Crippen MR) is 104 cm³/mol. The average Bonchev–Trinajstić information content (AvgIpc) is 2.95. The molecule has 0 saturated heterocycles. The Labute approximate surface area is 159 Å². The van der Waals surface area contributed by atoms with Crippen molar-refractivity contribution in [1.29, 1.82) is 0 Å². The molecule has 136 valence electrons. The maximum absolute atomic E-state index is 13.2. The van der Waals surface area contributed by atoms with Crippen LogP contribution in [0.25, 0.3) is 0 Å². The van der Waals surface area contributed by atoms with Crippen molar-refractivity contribution in [2.24, 2.45) is 0 Å². The Hall–Kier alpha value is -3.27. The Morgan fingerprint density at radius 1 is 0.926 bits per heavy atom. The van der Waals surface area contributed by atoms with E-state index < -0.39 is 0 Å². The van der Waals surface area contributed by atoms with Gasteiger partial charge in [0, 0.05) is 23.2 Å². The zero-order valence-electron chi connectivity index (χ0n) is 15.0. The van der Waals surface area contributed by atoms with Gasteiger partial charge < -0.3 is 14.4 Å². The smallest absolute Gasteiger partial charge is 0.254 e. The molecule has 0 unspecified atom stereocenters. The van der Waals surface area contributed by atoms with Crippen LogP contribution >= 0.6 is 0 Å². The van der Waals surface area contributed by atoms with Crippen LogP contribution in [0, 0.1) is 0 Å². The summed E-state index contributed by atoms with van der Waals surface area (Å²) in [6, 6.07) is 25.1. The van der Waals surface area contributed by atoms with Crippen LogP contribution < -0.4 is 9.47 Å². The maximum Gasteiger partial charge on any atom is 0.254 e. The van der Waals surface area contributed by atoms with Gasteiger partial charge in [-0.15, -0.1) is 0 Å². The number of para-hydroxylation sites is 2. The van der Waals surface area contributed by atoms with E-state index in [1.165, 1.54) is 0 Å². The van der Waals surface area contributed by atoms with E-state index >= 15 is 0 Å². The number of fused-ring (bicyclic) bond motifs is 1. The molecule has 0 atom stereocenters. The topological polar surface area (TPSA) is 38.8 Å². The van der Waals surface area contributed by atoms with Crippen LogP contribution in [0.15, 0.2) is 78.9 Å². The SMILES string of the molecule is O=C(c1ccccc1COc1ccccc1)N1CCOc2ccccc2C1. The van der Waals surface area contributed by atoms with E-state index in [9.17, 15) is 4.79 Å². The van der Waals surface area contributed by atoms with Gasteiger partial charge in [0.1, 0.15) is 24.7 Å². The fourth-order valence-electron chi connectivity index (χ4n) is 3.20. The van der Waals surface area contributed by atoms with Crippen LogP contribution in [0.5, 0.6) is 11.5 Å². The maximum atomic E-state index is 13.2. The second-order valence-corrected chi connectivity index (χ2v) is 6.44. The van der Waals surface area contributed by atoms with Gasteiger partial charge in [0.15, 0.2) is 0 Å². The Balaban J connectivity index is 1.53. The standard InChI is InChI=1S/C23H21NO3/c25-23(24-14-15-26-22-13-7-5-8-18(22)16-24)21-12-6-4-9-19(21)17-27-20-10-2-1-3-11-20/h1-13H,14-17H2. The summed E-state index contributed by atoms with van der Waals surface area (Å²) in [7, 11) is 0. The number of hydrogen-bond donors (Lipinski definition) is 0.